The van der Waals surface area contributed by atoms with Gasteiger partial charge in [-0.1, -0.05) is 6.07 Å². The van der Waals surface area contributed by atoms with Crippen LogP contribution in [0.25, 0.3) is 10.1 Å². The molecule has 0 unspecified atom stereocenters. The zero-order valence-electron chi connectivity index (χ0n) is 14.3. The second-order valence-electron chi connectivity index (χ2n) is 7.49. The van der Waals surface area contributed by atoms with E-state index >= 15 is 0 Å². The summed E-state index contributed by atoms with van der Waals surface area (Å²) < 4.78 is 14.3. The molecule has 0 spiro atoms. The predicted octanol–water partition coefficient (Wildman–Crippen LogP) is 3.51. The Labute approximate surface area is 150 Å². The topological polar surface area (TPSA) is 56.1 Å². The van der Waals surface area contributed by atoms with Gasteiger partial charge in [-0.15, -0.1) is 11.3 Å². The van der Waals surface area contributed by atoms with Gasteiger partial charge in [-0.25, -0.2) is 4.39 Å². The Morgan fingerprint density at radius 1 is 1.40 bits per heavy atom. The molecule has 3 aliphatic heterocycles. The number of nitriles is 1. The van der Waals surface area contributed by atoms with E-state index in [1.165, 1.54) is 17.4 Å². The van der Waals surface area contributed by atoms with Gasteiger partial charge in [0.15, 0.2) is 0 Å². The van der Waals surface area contributed by atoms with Crippen molar-refractivity contribution in [3.05, 3.63) is 34.5 Å². The molecule has 4 heterocycles. The molecule has 1 aromatic heterocycles. The maximum absolute atomic E-state index is 13.8. The highest BCUT2D eigenvalue weighted by molar-refractivity contribution is 7.21. The smallest absolute Gasteiger partial charge is 0.261 e. The van der Waals surface area contributed by atoms with Crippen molar-refractivity contribution in [2.45, 2.75) is 38.3 Å². The molecule has 4 nitrogen and oxygen atoms in total. The molecule has 1 aromatic carbocycles. The van der Waals surface area contributed by atoms with Crippen LogP contribution in [0.4, 0.5) is 4.39 Å². The largest absolute Gasteiger partial charge is 0.346 e. The maximum atomic E-state index is 13.8. The summed E-state index contributed by atoms with van der Waals surface area (Å²) in [5.41, 5.74) is -0.0398. The Morgan fingerprint density at radius 2 is 2.12 bits per heavy atom. The minimum absolute atomic E-state index is 0.0183. The molecule has 3 fully saturated rings. The van der Waals surface area contributed by atoms with Crippen molar-refractivity contribution >= 4 is 27.3 Å². The van der Waals surface area contributed by atoms with Crippen LogP contribution in [-0.2, 0) is 0 Å². The lowest BCUT2D eigenvalue weighted by atomic mass is 9.72. The zero-order valence-corrected chi connectivity index (χ0v) is 15.1. The third-order valence-electron chi connectivity index (χ3n) is 5.85. The molecule has 6 heteroatoms. The molecule has 2 bridgehead atoms. The molecule has 25 heavy (non-hydrogen) atoms. The normalized spacial score (nSPS) is 27.2. The number of piperidine rings is 3. The van der Waals surface area contributed by atoms with Gasteiger partial charge in [-0.3, -0.25) is 9.69 Å². The van der Waals surface area contributed by atoms with Crippen molar-refractivity contribution < 1.29 is 9.18 Å². The summed E-state index contributed by atoms with van der Waals surface area (Å²) in [6.45, 7) is 6.57. The number of nitrogens with one attached hydrogen (secondary N) is 1. The van der Waals surface area contributed by atoms with Gasteiger partial charge in [0.05, 0.1) is 9.58 Å². The molecule has 0 saturated carbocycles. The Balaban J connectivity index is 1.64. The van der Waals surface area contributed by atoms with E-state index in [-0.39, 0.29) is 23.1 Å². The van der Waals surface area contributed by atoms with E-state index in [9.17, 15) is 14.4 Å². The van der Waals surface area contributed by atoms with E-state index in [1.54, 1.807) is 12.1 Å². The standard InChI is InChI=1S/C19H20FN3OS/c1-19(2)17(11-5-7-23(19)8-6-11)22-18(24)15-9-12-3-4-14(20)13(10-21)16(12)25-15/h3-4,9,11,17H,5-8H2,1-2H3,(H,22,24)/t17-/m1/s1. The number of carbonyl (C=O) groups excluding carboxylic acids is 1. The van der Waals surface area contributed by atoms with Crippen LogP contribution in [0.15, 0.2) is 18.2 Å². The summed E-state index contributed by atoms with van der Waals surface area (Å²) in [7, 11) is 0. The lowest BCUT2D eigenvalue weighted by molar-refractivity contribution is -0.0377. The van der Waals surface area contributed by atoms with Crippen molar-refractivity contribution in [2.24, 2.45) is 5.92 Å². The van der Waals surface area contributed by atoms with Crippen molar-refractivity contribution in [3.63, 3.8) is 0 Å². The Hall–Kier alpha value is -1.97. The molecular weight excluding hydrogens is 337 g/mol. The van der Waals surface area contributed by atoms with E-state index in [4.69, 9.17) is 0 Å². The van der Waals surface area contributed by atoms with Crippen LogP contribution >= 0.6 is 11.3 Å². The molecule has 130 valence electrons. The zero-order chi connectivity index (χ0) is 17.8. The van der Waals surface area contributed by atoms with Gasteiger partial charge in [0, 0.05) is 11.6 Å². The van der Waals surface area contributed by atoms with Crippen LogP contribution < -0.4 is 5.32 Å². The number of hydrogen-bond acceptors (Lipinski definition) is 4. The molecular formula is C19H20FN3OS. The summed E-state index contributed by atoms with van der Waals surface area (Å²) in [6, 6.07) is 6.67. The number of fused-ring (bicyclic) bond motifs is 4. The van der Waals surface area contributed by atoms with E-state index in [1.807, 2.05) is 6.07 Å². The van der Waals surface area contributed by atoms with Crippen molar-refractivity contribution in [1.29, 1.82) is 5.26 Å². The van der Waals surface area contributed by atoms with Crippen LogP contribution in [0.5, 0.6) is 0 Å². The Morgan fingerprint density at radius 3 is 2.76 bits per heavy atom. The van der Waals surface area contributed by atoms with Gasteiger partial charge in [0.1, 0.15) is 17.4 Å². The van der Waals surface area contributed by atoms with E-state index < -0.39 is 5.82 Å². The number of rotatable bonds is 2. The van der Waals surface area contributed by atoms with Gasteiger partial charge in [-0.2, -0.15) is 5.26 Å². The first kappa shape index (κ1) is 16.5. The molecule has 5 rings (SSSR count). The number of benzene rings is 1. The second-order valence-corrected chi connectivity index (χ2v) is 8.54. The molecule has 3 aliphatic rings. The third-order valence-corrected chi connectivity index (χ3v) is 7.01. The van der Waals surface area contributed by atoms with Crippen molar-refractivity contribution in [2.75, 3.05) is 13.1 Å². The molecule has 1 N–H and O–H groups in total. The first-order chi connectivity index (χ1) is 11.9. The molecule has 3 saturated heterocycles. The maximum Gasteiger partial charge on any atom is 0.261 e. The fraction of sp³-hybridized carbons (Fsp3) is 0.474. The first-order valence-electron chi connectivity index (χ1n) is 8.60. The second kappa shape index (κ2) is 5.79. The first-order valence-corrected chi connectivity index (χ1v) is 9.41. The molecule has 0 aliphatic carbocycles. The van der Waals surface area contributed by atoms with Crippen LogP contribution in [0, 0.1) is 23.1 Å². The van der Waals surface area contributed by atoms with E-state index in [0.29, 0.717) is 15.5 Å². The molecule has 1 atom stereocenters. The number of halogens is 1. The highest BCUT2D eigenvalue weighted by Gasteiger charge is 2.48. The minimum atomic E-state index is -0.540. The summed E-state index contributed by atoms with van der Waals surface area (Å²) in [5, 5.41) is 13.1. The van der Waals surface area contributed by atoms with Gasteiger partial charge < -0.3 is 5.32 Å². The fourth-order valence-electron chi connectivity index (χ4n) is 4.38. The lowest BCUT2D eigenvalue weighted by Gasteiger charge is -2.56. The van der Waals surface area contributed by atoms with Crippen molar-refractivity contribution in [3.8, 4) is 6.07 Å². The average molecular weight is 357 g/mol. The quantitative estimate of drug-likeness (QED) is 0.895. The lowest BCUT2D eigenvalue weighted by Crippen LogP contribution is -2.69. The Kier molecular flexibility index (Phi) is 3.82. The van der Waals surface area contributed by atoms with Gasteiger partial charge >= 0.3 is 0 Å². The van der Waals surface area contributed by atoms with Crippen LogP contribution in [0.3, 0.4) is 0 Å². The average Bonchev–Trinajstić information content (AvgIpc) is 3.02. The summed E-state index contributed by atoms with van der Waals surface area (Å²) in [4.78, 5) is 15.8. The third kappa shape index (κ3) is 2.54. The number of thiophene rings is 1. The van der Waals surface area contributed by atoms with Crippen LogP contribution in [0.1, 0.15) is 41.9 Å². The fourth-order valence-corrected chi connectivity index (χ4v) is 5.43. The molecule has 0 radical (unpaired) electrons. The highest BCUT2D eigenvalue weighted by atomic mass is 32.1. The number of hydrogen-bond donors (Lipinski definition) is 1. The predicted molar refractivity (Wildman–Crippen MR) is 96.1 cm³/mol. The Bertz CT molecular complexity index is 890. The highest BCUT2D eigenvalue weighted by Crippen LogP contribution is 2.39. The molecule has 1 amide bonds. The number of amides is 1. The van der Waals surface area contributed by atoms with Crippen LogP contribution in [-0.4, -0.2) is 35.5 Å². The van der Waals surface area contributed by atoms with Gasteiger partial charge in [0.25, 0.3) is 5.91 Å². The number of nitrogens with zero attached hydrogens (tertiary/aromatic N) is 2. The van der Waals surface area contributed by atoms with Crippen molar-refractivity contribution in [1.82, 2.24) is 10.2 Å². The summed E-state index contributed by atoms with van der Waals surface area (Å²) >= 11 is 1.19. The number of carbonyl (C=O) groups is 1. The van der Waals surface area contributed by atoms with E-state index in [2.05, 4.69) is 24.1 Å². The monoisotopic (exact) mass is 357 g/mol. The summed E-state index contributed by atoms with van der Waals surface area (Å²) in [6.07, 6.45) is 2.23. The van der Waals surface area contributed by atoms with Gasteiger partial charge in [-0.05, 0) is 63.2 Å². The van der Waals surface area contributed by atoms with E-state index in [0.717, 1.165) is 31.3 Å². The minimum Gasteiger partial charge on any atom is -0.346 e. The van der Waals surface area contributed by atoms with Crippen LogP contribution in [0.2, 0.25) is 0 Å². The summed E-state index contributed by atoms with van der Waals surface area (Å²) in [5.74, 6) is -0.162. The van der Waals surface area contributed by atoms with Gasteiger partial charge in [0.2, 0.25) is 0 Å². The SMILES string of the molecule is CC1(C)[C@H](NC(=O)c2cc3ccc(F)c(C#N)c3s2)C2CCN1CC2. The molecule has 2 aromatic rings.